The van der Waals surface area contributed by atoms with Gasteiger partial charge in [0, 0.05) is 18.1 Å². The third-order valence-corrected chi connectivity index (χ3v) is 2.20. The summed E-state index contributed by atoms with van der Waals surface area (Å²) < 4.78 is 2.02. The molecule has 66 valence electrons. The Balaban J connectivity index is 2.33. The Morgan fingerprint density at radius 2 is 2.00 bits per heavy atom. The zero-order chi connectivity index (χ0) is 9.10. The Morgan fingerprint density at radius 3 is 2.54 bits per heavy atom. The molecule has 0 aliphatic carbocycles. The molecule has 0 aromatic carbocycles. The lowest BCUT2D eigenvalue weighted by molar-refractivity contribution is 1.04. The fourth-order valence-corrected chi connectivity index (χ4v) is 1.36. The summed E-state index contributed by atoms with van der Waals surface area (Å²) in [6, 6.07) is 8.01. The van der Waals surface area contributed by atoms with Gasteiger partial charge in [0.25, 0.3) is 0 Å². The molecule has 0 fully saturated rings. The molecule has 0 N–H and O–H groups in total. The molecule has 0 bridgehead atoms. The van der Waals surface area contributed by atoms with Gasteiger partial charge in [0.2, 0.25) is 0 Å². The maximum absolute atomic E-state index is 4.26. The molecule has 0 aliphatic rings. The van der Waals surface area contributed by atoms with E-state index in [9.17, 15) is 0 Å². The van der Waals surface area contributed by atoms with Crippen LogP contribution >= 0.6 is 12.6 Å². The lowest BCUT2D eigenvalue weighted by Crippen LogP contribution is -1.92. The van der Waals surface area contributed by atoms with Crippen molar-refractivity contribution >= 4 is 12.6 Å². The van der Waals surface area contributed by atoms with Crippen LogP contribution in [0.1, 0.15) is 5.69 Å². The van der Waals surface area contributed by atoms with Gasteiger partial charge < -0.3 is 4.57 Å². The highest BCUT2D eigenvalue weighted by Gasteiger charge is 1.94. The summed E-state index contributed by atoms with van der Waals surface area (Å²) in [6.07, 6.45) is 5.85. The van der Waals surface area contributed by atoms with E-state index in [4.69, 9.17) is 0 Å². The fraction of sp³-hybridized carbons (Fsp3) is 0.100. The molecule has 0 radical (unpaired) electrons. The Morgan fingerprint density at radius 1 is 1.23 bits per heavy atom. The van der Waals surface area contributed by atoms with E-state index in [1.165, 1.54) is 0 Å². The number of thiol groups is 1. The summed E-state index contributed by atoms with van der Waals surface area (Å²) >= 11 is 4.15. The van der Waals surface area contributed by atoms with Crippen LogP contribution in [0.2, 0.25) is 0 Å². The van der Waals surface area contributed by atoms with Gasteiger partial charge in [0.05, 0.1) is 17.6 Å². The number of aromatic nitrogens is 2. The molecule has 0 spiro atoms. The highest BCUT2D eigenvalue weighted by Crippen LogP contribution is 2.07. The molecule has 2 nitrogen and oxygen atoms in total. The zero-order valence-corrected chi connectivity index (χ0v) is 7.98. The Kier molecular flexibility index (Phi) is 2.36. The van der Waals surface area contributed by atoms with Crippen LogP contribution < -0.4 is 0 Å². The van der Waals surface area contributed by atoms with Crippen molar-refractivity contribution in [3.63, 3.8) is 0 Å². The molecule has 2 rings (SSSR count). The Hall–Kier alpha value is -1.22. The van der Waals surface area contributed by atoms with Crippen molar-refractivity contribution in [3.8, 4) is 5.69 Å². The van der Waals surface area contributed by atoms with E-state index in [-0.39, 0.29) is 0 Å². The summed E-state index contributed by atoms with van der Waals surface area (Å²) in [6.45, 7) is 0. The highest BCUT2D eigenvalue weighted by atomic mass is 32.1. The van der Waals surface area contributed by atoms with Crippen molar-refractivity contribution < 1.29 is 0 Å². The first-order valence-corrected chi connectivity index (χ1v) is 4.72. The van der Waals surface area contributed by atoms with E-state index in [0.29, 0.717) is 5.75 Å². The van der Waals surface area contributed by atoms with Gasteiger partial charge in [-0.2, -0.15) is 12.6 Å². The normalized spacial score (nSPS) is 10.2. The van der Waals surface area contributed by atoms with E-state index in [0.717, 1.165) is 11.4 Å². The monoisotopic (exact) mass is 190 g/mol. The summed E-state index contributed by atoms with van der Waals surface area (Å²) in [4.78, 5) is 4.26. The Labute approximate surface area is 82.6 Å². The van der Waals surface area contributed by atoms with Crippen molar-refractivity contribution in [1.82, 2.24) is 9.55 Å². The van der Waals surface area contributed by atoms with Gasteiger partial charge >= 0.3 is 0 Å². The van der Waals surface area contributed by atoms with Gasteiger partial charge in [0.15, 0.2) is 0 Å². The largest absolute Gasteiger partial charge is 0.322 e. The average Bonchev–Trinajstić information content (AvgIpc) is 2.71. The van der Waals surface area contributed by atoms with Crippen molar-refractivity contribution in [2.75, 3.05) is 0 Å². The molecule has 0 aliphatic heterocycles. The molecule has 2 aromatic rings. The van der Waals surface area contributed by atoms with Crippen LogP contribution in [0.4, 0.5) is 0 Å². The van der Waals surface area contributed by atoms with E-state index in [2.05, 4.69) is 17.6 Å². The molecule has 3 heteroatoms. The van der Waals surface area contributed by atoms with Crippen LogP contribution in [0, 0.1) is 0 Å². The van der Waals surface area contributed by atoms with Crippen molar-refractivity contribution in [3.05, 3.63) is 48.5 Å². The van der Waals surface area contributed by atoms with Gasteiger partial charge in [-0.1, -0.05) is 0 Å². The quantitative estimate of drug-likeness (QED) is 0.719. The first kappa shape index (κ1) is 8.38. The molecular formula is C10H10N2S. The van der Waals surface area contributed by atoms with Crippen molar-refractivity contribution in [2.45, 2.75) is 5.75 Å². The molecular weight excluding hydrogens is 180 g/mol. The van der Waals surface area contributed by atoms with Crippen molar-refractivity contribution in [1.29, 1.82) is 0 Å². The fourth-order valence-electron chi connectivity index (χ4n) is 1.17. The van der Waals surface area contributed by atoms with Gasteiger partial charge in [-0.05, 0) is 24.3 Å². The minimum Gasteiger partial charge on any atom is -0.322 e. The molecule has 0 unspecified atom stereocenters. The summed E-state index contributed by atoms with van der Waals surface area (Å²) in [5.41, 5.74) is 2.08. The van der Waals surface area contributed by atoms with Gasteiger partial charge in [-0.3, -0.25) is 4.98 Å². The molecule has 2 heterocycles. The molecule has 0 saturated carbocycles. The lowest BCUT2D eigenvalue weighted by atomic mass is 10.3. The van der Waals surface area contributed by atoms with E-state index in [1.807, 2.05) is 47.4 Å². The first-order valence-electron chi connectivity index (χ1n) is 4.09. The van der Waals surface area contributed by atoms with Crippen LogP contribution in [-0.4, -0.2) is 9.55 Å². The van der Waals surface area contributed by atoms with Gasteiger partial charge in [0.1, 0.15) is 0 Å². The summed E-state index contributed by atoms with van der Waals surface area (Å²) in [7, 11) is 0. The van der Waals surface area contributed by atoms with Crippen LogP contribution in [0.25, 0.3) is 5.69 Å². The molecule has 0 amide bonds. The predicted molar refractivity (Wildman–Crippen MR) is 56.3 cm³/mol. The van der Waals surface area contributed by atoms with Gasteiger partial charge in [-0.15, -0.1) is 0 Å². The minimum absolute atomic E-state index is 0.686. The van der Waals surface area contributed by atoms with Crippen LogP contribution in [0.3, 0.4) is 0 Å². The maximum atomic E-state index is 4.26. The third kappa shape index (κ3) is 1.75. The number of nitrogens with zero attached hydrogens (tertiary/aromatic N) is 2. The number of pyridine rings is 1. The van der Waals surface area contributed by atoms with Crippen LogP contribution in [0.5, 0.6) is 0 Å². The number of hydrogen-bond donors (Lipinski definition) is 1. The summed E-state index contributed by atoms with van der Waals surface area (Å²) in [5.74, 6) is 0.686. The van der Waals surface area contributed by atoms with E-state index < -0.39 is 0 Å². The first-order chi connectivity index (χ1) is 6.40. The van der Waals surface area contributed by atoms with E-state index >= 15 is 0 Å². The molecule has 0 saturated heterocycles. The molecule has 13 heavy (non-hydrogen) atoms. The second-order valence-corrected chi connectivity index (χ2v) is 3.07. The standard InChI is InChI=1S/C10H10N2S/c13-8-9-3-4-10(7-11-9)12-5-1-2-6-12/h1-7,13H,8H2. The number of hydrogen-bond acceptors (Lipinski definition) is 2. The summed E-state index contributed by atoms with van der Waals surface area (Å²) in [5, 5.41) is 0. The SMILES string of the molecule is SCc1ccc(-n2cccc2)cn1. The van der Waals surface area contributed by atoms with E-state index in [1.54, 1.807) is 0 Å². The topological polar surface area (TPSA) is 17.8 Å². The van der Waals surface area contributed by atoms with Crippen LogP contribution in [0.15, 0.2) is 42.9 Å². The molecule has 2 aromatic heterocycles. The Bertz CT molecular complexity index is 364. The molecule has 0 atom stereocenters. The zero-order valence-electron chi connectivity index (χ0n) is 7.09. The van der Waals surface area contributed by atoms with Crippen molar-refractivity contribution in [2.24, 2.45) is 0 Å². The van der Waals surface area contributed by atoms with Gasteiger partial charge in [-0.25, -0.2) is 0 Å². The second-order valence-electron chi connectivity index (χ2n) is 2.76. The minimum atomic E-state index is 0.686. The number of rotatable bonds is 2. The predicted octanol–water partition coefficient (Wildman–Crippen LogP) is 2.30. The average molecular weight is 190 g/mol. The second kappa shape index (κ2) is 3.66. The maximum Gasteiger partial charge on any atom is 0.0633 e. The smallest absolute Gasteiger partial charge is 0.0633 e. The lowest BCUT2D eigenvalue weighted by Gasteiger charge is -2.02. The third-order valence-electron chi connectivity index (χ3n) is 1.87. The van der Waals surface area contributed by atoms with Crippen LogP contribution in [-0.2, 0) is 5.75 Å². The highest BCUT2D eigenvalue weighted by molar-refractivity contribution is 7.79.